The Morgan fingerprint density at radius 2 is 2.00 bits per heavy atom. The van der Waals surface area contributed by atoms with Gasteiger partial charge < -0.3 is 4.98 Å². The summed E-state index contributed by atoms with van der Waals surface area (Å²) in [4.78, 5) is 47.6. The molecule has 1 aliphatic heterocycles. The molecule has 0 spiro atoms. The Balaban J connectivity index is 1.44. The highest BCUT2D eigenvalue weighted by molar-refractivity contribution is 7.17. The van der Waals surface area contributed by atoms with Gasteiger partial charge in [-0.15, -0.1) is 11.3 Å². The van der Waals surface area contributed by atoms with Gasteiger partial charge in [-0.05, 0) is 30.5 Å². The highest BCUT2D eigenvalue weighted by atomic mass is 32.1. The van der Waals surface area contributed by atoms with E-state index >= 15 is 0 Å². The average molecular weight is 396 g/mol. The van der Waals surface area contributed by atoms with Gasteiger partial charge in [0.1, 0.15) is 10.5 Å². The van der Waals surface area contributed by atoms with E-state index in [1.165, 1.54) is 16.2 Å². The molecule has 8 heteroatoms. The van der Waals surface area contributed by atoms with Crippen LogP contribution in [-0.2, 0) is 22.6 Å². The number of thiophene rings is 1. The fourth-order valence-corrected chi connectivity index (χ4v) is 4.20. The number of benzene rings is 1. The van der Waals surface area contributed by atoms with Crippen LogP contribution in [0.5, 0.6) is 0 Å². The molecule has 0 saturated carbocycles. The number of carbonyl (C=O) groups excluding carboxylic acids is 2. The molecule has 1 aromatic carbocycles. The summed E-state index contributed by atoms with van der Waals surface area (Å²) in [5.74, 6) is 0.135. The Morgan fingerprint density at radius 3 is 2.79 bits per heavy atom. The Bertz CT molecular complexity index is 1080. The Hall–Kier alpha value is -2.84. The SMILES string of the molecule is CN(Cc1nc2ccsc2c(=O)[nH]1)[C@@H]1CC(=O)N(CCc2ccccc2)C1=O. The van der Waals surface area contributed by atoms with Gasteiger partial charge in [-0.2, -0.15) is 0 Å². The number of nitrogens with one attached hydrogen (secondary N) is 1. The maximum absolute atomic E-state index is 12.8. The van der Waals surface area contributed by atoms with Gasteiger partial charge in [0.25, 0.3) is 5.56 Å². The van der Waals surface area contributed by atoms with E-state index in [-0.39, 0.29) is 30.3 Å². The van der Waals surface area contributed by atoms with Crippen LogP contribution in [-0.4, -0.2) is 51.2 Å². The van der Waals surface area contributed by atoms with Crippen LogP contribution >= 0.6 is 11.3 Å². The van der Waals surface area contributed by atoms with Crippen molar-refractivity contribution in [3.8, 4) is 0 Å². The van der Waals surface area contributed by atoms with Gasteiger partial charge in [0.05, 0.1) is 24.5 Å². The second-order valence-electron chi connectivity index (χ2n) is 6.90. The minimum Gasteiger partial charge on any atom is -0.308 e. The molecule has 1 atom stereocenters. The van der Waals surface area contributed by atoms with E-state index in [1.54, 1.807) is 18.0 Å². The summed E-state index contributed by atoms with van der Waals surface area (Å²) in [5.41, 5.74) is 1.56. The second-order valence-corrected chi connectivity index (χ2v) is 7.82. The van der Waals surface area contributed by atoms with E-state index in [2.05, 4.69) is 9.97 Å². The summed E-state index contributed by atoms with van der Waals surface area (Å²) in [7, 11) is 1.77. The predicted octanol–water partition coefficient (Wildman–Crippen LogP) is 1.79. The molecular weight excluding hydrogens is 376 g/mol. The molecule has 3 aromatic rings. The third-order valence-corrected chi connectivity index (χ3v) is 5.88. The molecule has 1 saturated heterocycles. The van der Waals surface area contributed by atoms with Crippen LogP contribution in [0.2, 0.25) is 0 Å². The first-order valence-electron chi connectivity index (χ1n) is 9.07. The number of rotatable bonds is 6. The van der Waals surface area contributed by atoms with Gasteiger partial charge in [0.2, 0.25) is 11.8 Å². The molecule has 1 fully saturated rings. The lowest BCUT2D eigenvalue weighted by molar-refractivity contribution is -0.139. The fraction of sp³-hybridized carbons (Fsp3) is 0.300. The Labute approximate surface area is 165 Å². The zero-order valence-corrected chi connectivity index (χ0v) is 16.2. The zero-order valence-electron chi connectivity index (χ0n) is 15.4. The number of aromatic amines is 1. The number of carbonyl (C=O) groups is 2. The Kier molecular flexibility index (Phi) is 5.06. The average Bonchev–Trinajstić information content (AvgIpc) is 3.26. The number of hydrogen-bond acceptors (Lipinski definition) is 6. The van der Waals surface area contributed by atoms with Crippen molar-refractivity contribution in [1.82, 2.24) is 19.8 Å². The summed E-state index contributed by atoms with van der Waals surface area (Å²) < 4.78 is 0.589. The molecule has 1 N–H and O–H groups in total. The number of imide groups is 1. The Morgan fingerprint density at radius 1 is 1.21 bits per heavy atom. The molecular formula is C20H20N4O3S. The first-order valence-corrected chi connectivity index (χ1v) is 9.95. The third-order valence-electron chi connectivity index (χ3n) is 4.98. The summed E-state index contributed by atoms with van der Waals surface area (Å²) in [5, 5.41) is 1.82. The van der Waals surface area contributed by atoms with Crippen molar-refractivity contribution < 1.29 is 9.59 Å². The first-order chi connectivity index (χ1) is 13.5. The molecule has 28 heavy (non-hydrogen) atoms. The molecule has 144 valence electrons. The maximum Gasteiger partial charge on any atom is 0.268 e. The second kappa shape index (κ2) is 7.65. The first kappa shape index (κ1) is 18.5. The molecule has 0 bridgehead atoms. The largest absolute Gasteiger partial charge is 0.308 e. The van der Waals surface area contributed by atoms with Crippen LogP contribution in [0.25, 0.3) is 10.2 Å². The van der Waals surface area contributed by atoms with Crippen LogP contribution in [0.1, 0.15) is 17.8 Å². The van der Waals surface area contributed by atoms with Gasteiger partial charge in [-0.1, -0.05) is 30.3 Å². The quantitative estimate of drug-likeness (QED) is 0.642. The number of likely N-dealkylation sites (tertiary alicyclic amines) is 1. The van der Waals surface area contributed by atoms with E-state index in [0.717, 1.165) is 5.56 Å². The van der Waals surface area contributed by atoms with Crippen LogP contribution < -0.4 is 5.56 Å². The molecule has 2 amide bonds. The van der Waals surface area contributed by atoms with E-state index < -0.39 is 6.04 Å². The molecule has 1 aliphatic rings. The lowest BCUT2D eigenvalue weighted by atomic mass is 10.1. The van der Waals surface area contributed by atoms with Gasteiger partial charge in [0.15, 0.2) is 0 Å². The summed E-state index contributed by atoms with van der Waals surface area (Å²) in [6.45, 7) is 0.666. The number of hydrogen-bond donors (Lipinski definition) is 1. The van der Waals surface area contributed by atoms with E-state index in [0.29, 0.717) is 29.0 Å². The van der Waals surface area contributed by atoms with E-state index in [9.17, 15) is 14.4 Å². The lowest BCUT2D eigenvalue weighted by Gasteiger charge is -2.22. The fourth-order valence-electron chi connectivity index (χ4n) is 3.47. The molecule has 2 aromatic heterocycles. The number of H-pyrrole nitrogens is 1. The molecule has 7 nitrogen and oxygen atoms in total. The predicted molar refractivity (Wildman–Crippen MR) is 107 cm³/mol. The van der Waals surface area contributed by atoms with Gasteiger partial charge in [-0.25, -0.2) is 4.98 Å². The molecule has 0 radical (unpaired) electrons. The summed E-state index contributed by atoms with van der Waals surface area (Å²) >= 11 is 1.35. The topological polar surface area (TPSA) is 86.4 Å². The van der Waals surface area contributed by atoms with Crippen LogP contribution in [0, 0.1) is 0 Å². The van der Waals surface area contributed by atoms with Crippen molar-refractivity contribution in [3.63, 3.8) is 0 Å². The molecule has 0 aliphatic carbocycles. The summed E-state index contributed by atoms with van der Waals surface area (Å²) in [6, 6.07) is 11.1. The number of aromatic nitrogens is 2. The number of amides is 2. The van der Waals surface area contributed by atoms with Gasteiger partial charge in [0, 0.05) is 6.54 Å². The lowest BCUT2D eigenvalue weighted by Crippen LogP contribution is -2.40. The van der Waals surface area contributed by atoms with E-state index in [4.69, 9.17) is 0 Å². The van der Waals surface area contributed by atoms with Crippen molar-refractivity contribution in [1.29, 1.82) is 0 Å². The van der Waals surface area contributed by atoms with Gasteiger partial charge >= 0.3 is 0 Å². The van der Waals surface area contributed by atoms with Crippen LogP contribution in [0.3, 0.4) is 0 Å². The minimum atomic E-state index is -0.535. The summed E-state index contributed by atoms with van der Waals surface area (Å²) in [6.07, 6.45) is 0.785. The van der Waals surface area contributed by atoms with E-state index in [1.807, 2.05) is 35.7 Å². The highest BCUT2D eigenvalue weighted by Crippen LogP contribution is 2.20. The highest BCUT2D eigenvalue weighted by Gasteiger charge is 2.40. The molecule has 4 rings (SSSR count). The standard InChI is InChI=1S/C20H20N4O3S/c1-23(12-16-21-14-8-10-28-18(14)19(26)22-16)15-11-17(25)24(20(15)27)9-7-13-5-3-2-4-6-13/h2-6,8,10,15H,7,9,11-12H2,1H3,(H,21,22,26)/t15-/m1/s1. The minimum absolute atomic E-state index is 0.148. The molecule has 3 heterocycles. The van der Waals surface area contributed by atoms with Crippen molar-refractivity contribution in [2.75, 3.05) is 13.6 Å². The van der Waals surface area contributed by atoms with Crippen molar-refractivity contribution >= 4 is 33.4 Å². The number of fused-ring (bicyclic) bond motifs is 1. The number of likely N-dealkylation sites (N-methyl/N-ethyl adjacent to an activating group) is 1. The normalized spacial score (nSPS) is 17.2. The monoisotopic (exact) mass is 396 g/mol. The maximum atomic E-state index is 12.8. The number of nitrogens with zero attached hydrogens (tertiary/aromatic N) is 3. The van der Waals surface area contributed by atoms with Crippen molar-refractivity contribution in [2.24, 2.45) is 0 Å². The molecule has 0 unspecified atom stereocenters. The van der Waals surface area contributed by atoms with Crippen molar-refractivity contribution in [2.45, 2.75) is 25.4 Å². The van der Waals surface area contributed by atoms with Gasteiger partial charge in [-0.3, -0.25) is 24.2 Å². The van der Waals surface area contributed by atoms with Crippen LogP contribution in [0.4, 0.5) is 0 Å². The smallest absolute Gasteiger partial charge is 0.268 e. The third kappa shape index (κ3) is 3.61. The zero-order chi connectivity index (χ0) is 19.7. The van der Waals surface area contributed by atoms with Crippen molar-refractivity contribution in [3.05, 3.63) is 63.5 Å². The van der Waals surface area contributed by atoms with Crippen LogP contribution in [0.15, 0.2) is 46.6 Å².